The number of nitrogens with one attached hydrogen (secondary N) is 1. The van der Waals surface area contributed by atoms with Crippen molar-refractivity contribution in [3.8, 4) is 11.8 Å². The molecule has 0 amide bonds. The Morgan fingerprint density at radius 2 is 2.30 bits per heavy atom. The van der Waals surface area contributed by atoms with Gasteiger partial charge in [0.2, 0.25) is 0 Å². The molecule has 0 aliphatic rings. The maximum atomic E-state index is 3.23. The highest BCUT2D eigenvalue weighted by molar-refractivity contribution is 4.95. The third-order valence-electron chi connectivity index (χ3n) is 1.10. The number of allylic oxidation sites excluding steroid dienone is 1. The first-order chi connectivity index (χ1) is 4.91. The van der Waals surface area contributed by atoms with E-state index in [2.05, 4.69) is 23.2 Å². The number of rotatable bonds is 4. The van der Waals surface area contributed by atoms with Crippen molar-refractivity contribution in [2.75, 3.05) is 13.1 Å². The minimum atomic E-state index is 0.952. The van der Waals surface area contributed by atoms with Crippen LogP contribution in [-0.4, -0.2) is 13.1 Å². The van der Waals surface area contributed by atoms with Crippen LogP contribution in [0.2, 0.25) is 0 Å². The smallest absolute Gasteiger partial charge is 0.0214 e. The summed E-state index contributed by atoms with van der Waals surface area (Å²) in [7, 11) is 0. The van der Waals surface area contributed by atoms with Crippen molar-refractivity contribution >= 4 is 0 Å². The van der Waals surface area contributed by atoms with Gasteiger partial charge in [-0.25, -0.2) is 0 Å². The highest BCUT2D eigenvalue weighted by Crippen LogP contribution is 1.72. The van der Waals surface area contributed by atoms with Crippen LogP contribution in [0.1, 0.15) is 20.3 Å². The van der Waals surface area contributed by atoms with E-state index in [0.717, 1.165) is 19.5 Å². The first kappa shape index (κ1) is 9.26. The lowest BCUT2D eigenvalue weighted by molar-refractivity contribution is 0.764. The van der Waals surface area contributed by atoms with Crippen molar-refractivity contribution in [1.82, 2.24) is 5.32 Å². The van der Waals surface area contributed by atoms with Crippen LogP contribution in [0.15, 0.2) is 12.2 Å². The lowest BCUT2D eigenvalue weighted by Gasteiger charge is -1.94. The Hall–Kier alpha value is -0.740. The molecule has 0 bridgehead atoms. The first-order valence-electron chi connectivity index (χ1n) is 3.63. The molecule has 0 fully saturated rings. The van der Waals surface area contributed by atoms with Crippen molar-refractivity contribution in [2.45, 2.75) is 20.3 Å². The molecule has 0 saturated heterocycles. The van der Waals surface area contributed by atoms with Crippen LogP contribution >= 0.6 is 0 Å². The maximum Gasteiger partial charge on any atom is 0.0214 e. The molecule has 0 aromatic rings. The Morgan fingerprint density at radius 1 is 1.50 bits per heavy atom. The van der Waals surface area contributed by atoms with Gasteiger partial charge in [-0.05, 0) is 13.8 Å². The van der Waals surface area contributed by atoms with E-state index in [1.54, 1.807) is 0 Å². The van der Waals surface area contributed by atoms with E-state index >= 15 is 0 Å². The first-order valence-corrected chi connectivity index (χ1v) is 3.63. The lowest BCUT2D eigenvalue weighted by Crippen LogP contribution is -2.14. The van der Waals surface area contributed by atoms with Gasteiger partial charge in [-0.15, -0.1) is 11.8 Å². The van der Waals surface area contributed by atoms with Gasteiger partial charge in [0, 0.05) is 19.5 Å². The molecule has 0 aliphatic heterocycles. The Balaban J connectivity index is 2.95. The normalized spacial score (nSPS) is 9.40. The number of hydrogen-bond acceptors (Lipinski definition) is 1. The van der Waals surface area contributed by atoms with Crippen molar-refractivity contribution in [3.05, 3.63) is 12.2 Å². The van der Waals surface area contributed by atoms with E-state index in [1.165, 1.54) is 0 Å². The highest BCUT2D eigenvalue weighted by Gasteiger charge is 1.77. The summed E-state index contributed by atoms with van der Waals surface area (Å²) in [6.07, 6.45) is 5.09. The second-order valence-corrected chi connectivity index (χ2v) is 1.95. The predicted octanol–water partition coefficient (Wildman–Crippen LogP) is 1.57. The monoisotopic (exact) mass is 137 g/mol. The van der Waals surface area contributed by atoms with Gasteiger partial charge in [0.1, 0.15) is 0 Å². The molecule has 0 atom stereocenters. The van der Waals surface area contributed by atoms with E-state index < -0.39 is 0 Å². The minimum absolute atomic E-state index is 0.952. The van der Waals surface area contributed by atoms with E-state index in [0.29, 0.717) is 0 Å². The molecule has 56 valence electrons. The summed E-state index contributed by atoms with van der Waals surface area (Å²) >= 11 is 0. The second kappa shape index (κ2) is 8.26. The highest BCUT2D eigenvalue weighted by atomic mass is 14.8. The summed E-state index contributed by atoms with van der Waals surface area (Å²) in [5.74, 6) is 5.84. The fourth-order valence-electron chi connectivity index (χ4n) is 0.579. The van der Waals surface area contributed by atoms with Crippen LogP contribution in [-0.2, 0) is 0 Å². The summed E-state index contributed by atoms with van der Waals surface area (Å²) in [6.45, 7) is 5.84. The van der Waals surface area contributed by atoms with Gasteiger partial charge in [0.05, 0.1) is 0 Å². The van der Waals surface area contributed by atoms with Crippen molar-refractivity contribution < 1.29 is 0 Å². The predicted molar refractivity (Wildman–Crippen MR) is 45.8 cm³/mol. The summed E-state index contributed by atoms with van der Waals surface area (Å²) in [6, 6.07) is 0. The lowest BCUT2D eigenvalue weighted by atomic mass is 10.4. The molecule has 1 heteroatoms. The van der Waals surface area contributed by atoms with Gasteiger partial charge < -0.3 is 5.32 Å². The summed E-state index contributed by atoms with van der Waals surface area (Å²) in [4.78, 5) is 0. The molecule has 0 aliphatic carbocycles. The zero-order valence-electron chi connectivity index (χ0n) is 6.78. The fraction of sp³-hybridized carbons (Fsp3) is 0.556. The van der Waals surface area contributed by atoms with E-state index in [4.69, 9.17) is 0 Å². The largest absolute Gasteiger partial charge is 0.312 e. The van der Waals surface area contributed by atoms with Gasteiger partial charge in [0.25, 0.3) is 0 Å². The number of hydrogen-bond donors (Lipinski definition) is 1. The molecule has 0 saturated carbocycles. The minimum Gasteiger partial charge on any atom is -0.312 e. The molecule has 1 nitrogen and oxygen atoms in total. The molecule has 0 unspecified atom stereocenters. The van der Waals surface area contributed by atoms with Gasteiger partial charge in [-0.3, -0.25) is 0 Å². The Bertz CT molecular complexity index is 137. The van der Waals surface area contributed by atoms with Crippen molar-refractivity contribution in [2.24, 2.45) is 0 Å². The van der Waals surface area contributed by atoms with E-state index in [9.17, 15) is 0 Å². The van der Waals surface area contributed by atoms with Crippen LogP contribution < -0.4 is 5.32 Å². The SMILES string of the molecule is CC#CCCNC/C=C/C. The zero-order chi connectivity index (χ0) is 7.66. The molecule has 10 heavy (non-hydrogen) atoms. The van der Waals surface area contributed by atoms with Crippen molar-refractivity contribution in [1.29, 1.82) is 0 Å². The quantitative estimate of drug-likeness (QED) is 0.352. The van der Waals surface area contributed by atoms with E-state index in [-0.39, 0.29) is 0 Å². The topological polar surface area (TPSA) is 12.0 Å². The zero-order valence-corrected chi connectivity index (χ0v) is 6.78. The Kier molecular flexibility index (Phi) is 7.65. The molecule has 0 rings (SSSR count). The van der Waals surface area contributed by atoms with Gasteiger partial charge in [-0.1, -0.05) is 12.2 Å². The van der Waals surface area contributed by atoms with Gasteiger partial charge in [-0.2, -0.15) is 0 Å². The molecular weight excluding hydrogens is 122 g/mol. The fourth-order valence-corrected chi connectivity index (χ4v) is 0.579. The average Bonchev–Trinajstić information content (AvgIpc) is 1.97. The summed E-state index contributed by atoms with van der Waals surface area (Å²) < 4.78 is 0. The molecule has 0 radical (unpaired) electrons. The summed E-state index contributed by atoms with van der Waals surface area (Å²) in [5.41, 5.74) is 0. The van der Waals surface area contributed by atoms with Crippen LogP contribution in [0, 0.1) is 11.8 Å². The van der Waals surface area contributed by atoms with Gasteiger partial charge in [0.15, 0.2) is 0 Å². The Morgan fingerprint density at radius 3 is 2.90 bits per heavy atom. The van der Waals surface area contributed by atoms with Crippen molar-refractivity contribution in [3.63, 3.8) is 0 Å². The maximum absolute atomic E-state index is 3.23. The molecule has 0 spiro atoms. The average molecular weight is 137 g/mol. The van der Waals surface area contributed by atoms with Gasteiger partial charge >= 0.3 is 0 Å². The molecule has 0 aromatic carbocycles. The van der Waals surface area contributed by atoms with Crippen LogP contribution in [0.5, 0.6) is 0 Å². The molecular formula is C9H15N. The molecule has 0 aromatic heterocycles. The molecule has 1 N–H and O–H groups in total. The molecule has 0 heterocycles. The van der Waals surface area contributed by atoms with Crippen LogP contribution in [0.25, 0.3) is 0 Å². The van der Waals surface area contributed by atoms with Crippen LogP contribution in [0.3, 0.4) is 0 Å². The van der Waals surface area contributed by atoms with E-state index in [1.807, 2.05) is 19.9 Å². The summed E-state index contributed by atoms with van der Waals surface area (Å²) in [5, 5.41) is 3.23. The Labute approximate surface area is 63.5 Å². The third-order valence-corrected chi connectivity index (χ3v) is 1.10. The van der Waals surface area contributed by atoms with Crippen LogP contribution in [0.4, 0.5) is 0 Å². The standard InChI is InChI=1S/C9H15N/c1-3-5-7-9-10-8-6-4-2/h4,6,10H,7-9H2,1-2H3/b6-4+. The second-order valence-electron chi connectivity index (χ2n) is 1.95. The third kappa shape index (κ3) is 7.26.